The van der Waals surface area contributed by atoms with Crippen LogP contribution in [0.4, 0.5) is 5.69 Å². The summed E-state index contributed by atoms with van der Waals surface area (Å²) >= 11 is 6.11. The molecule has 0 saturated carbocycles. The first-order valence-corrected chi connectivity index (χ1v) is 12.0. The lowest BCUT2D eigenvalue weighted by atomic mass is 10.0. The Morgan fingerprint density at radius 2 is 1.78 bits per heavy atom. The van der Waals surface area contributed by atoms with E-state index in [0.29, 0.717) is 34.0 Å². The van der Waals surface area contributed by atoms with Crippen LogP contribution in [-0.2, 0) is 20.9 Å². The minimum absolute atomic E-state index is 0.00156. The maximum Gasteiger partial charge on any atom is 0.306 e. The van der Waals surface area contributed by atoms with Crippen molar-refractivity contribution in [2.75, 3.05) is 11.9 Å². The highest BCUT2D eigenvalue weighted by molar-refractivity contribution is 6.30. The van der Waals surface area contributed by atoms with E-state index in [9.17, 15) is 14.4 Å². The summed E-state index contributed by atoms with van der Waals surface area (Å²) < 4.78 is 6.46. The van der Waals surface area contributed by atoms with Gasteiger partial charge in [0.25, 0.3) is 5.56 Å². The van der Waals surface area contributed by atoms with Gasteiger partial charge in [-0.25, -0.2) is 4.98 Å². The maximum atomic E-state index is 13.3. The topological polar surface area (TPSA) is 90.3 Å². The van der Waals surface area contributed by atoms with Crippen LogP contribution in [0.2, 0.25) is 5.02 Å². The molecule has 4 aromatic rings. The maximum absolute atomic E-state index is 13.3. The Morgan fingerprint density at radius 3 is 2.50 bits per heavy atom. The minimum atomic E-state index is -0.422. The predicted molar refractivity (Wildman–Crippen MR) is 141 cm³/mol. The third kappa shape index (κ3) is 5.98. The number of carbonyl (C=O) groups is 2. The van der Waals surface area contributed by atoms with Crippen LogP contribution in [0, 0.1) is 6.92 Å². The van der Waals surface area contributed by atoms with Gasteiger partial charge < -0.3 is 10.1 Å². The molecule has 0 fully saturated rings. The zero-order valence-corrected chi connectivity index (χ0v) is 20.8. The summed E-state index contributed by atoms with van der Waals surface area (Å²) in [5, 5.41) is 3.81. The second-order valence-electron chi connectivity index (χ2n) is 8.34. The van der Waals surface area contributed by atoms with Crippen molar-refractivity contribution in [3.8, 4) is 11.1 Å². The van der Waals surface area contributed by atoms with E-state index in [1.165, 1.54) is 0 Å². The number of ether oxygens (including phenoxy) is 1. The highest BCUT2D eigenvalue weighted by Crippen LogP contribution is 2.23. The second-order valence-corrected chi connectivity index (χ2v) is 8.78. The number of anilines is 1. The average Bonchev–Trinajstić information content (AvgIpc) is 2.86. The number of aryl methyl sites for hydroxylation is 1. The molecule has 0 saturated heterocycles. The van der Waals surface area contributed by atoms with Crippen LogP contribution in [0.25, 0.3) is 22.0 Å². The molecule has 0 spiro atoms. The lowest BCUT2D eigenvalue weighted by molar-refractivity contribution is -0.144. The number of rotatable bonds is 8. The molecule has 184 valence electrons. The number of hydrogen-bond donors (Lipinski definition) is 1. The molecule has 1 aromatic heterocycles. The van der Waals surface area contributed by atoms with E-state index in [1.54, 1.807) is 36.6 Å². The van der Waals surface area contributed by atoms with Crippen molar-refractivity contribution in [2.45, 2.75) is 33.2 Å². The first kappa shape index (κ1) is 25.1. The number of fused-ring (bicyclic) bond motifs is 1. The number of hydrogen-bond acceptors (Lipinski definition) is 5. The molecule has 0 unspecified atom stereocenters. The number of halogens is 1. The summed E-state index contributed by atoms with van der Waals surface area (Å²) in [6.45, 7) is 4.15. The first-order chi connectivity index (χ1) is 17.3. The number of amides is 1. The molecule has 1 N–H and O–H groups in total. The van der Waals surface area contributed by atoms with Gasteiger partial charge in [-0.05, 0) is 60.9 Å². The van der Waals surface area contributed by atoms with Crippen LogP contribution in [0.5, 0.6) is 0 Å². The lowest BCUT2D eigenvalue weighted by Gasteiger charge is -2.13. The van der Waals surface area contributed by atoms with Gasteiger partial charge in [0.2, 0.25) is 5.91 Å². The molecule has 0 atom stereocenters. The van der Waals surface area contributed by atoms with Gasteiger partial charge in [-0.1, -0.05) is 48.0 Å². The molecule has 0 aliphatic rings. The monoisotopic (exact) mass is 503 g/mol. The van der Waals surface area contributed by atoms with Gasteiger partial charge in [0, 0.05) is 17.1 Å². The minimum Gasteiger partial charge on any atom is -0.466 e. The molecule has 1 heterocycles. The average molecular weight is 504 g/mol. The van der Waals surface area contributed by atoms with Crippen LogP contribution in [-0.4, -0.2) is 28.0 Å². The zero-order chi connectivity index (χ0) is 25.7. The summed E-state index contributed by atoms with van der Waals surface area (Å²) in [6, 6.07) is 20.6. The fraction of sp³-hybridized carbons (Fsp3) is 0.214. The van der Waals surface area contributed by atoms with Gasteiger partial charge in [-0.2, -0.15) is 0 Å². The van der Waals surface area contributed by atoms with Crippen LogP contribution in [0.1, 0.15) is 31.2 Å². The molecule has 0 bridgehead atoms. The Bertz CT molecular complexity index is 1480. The molecule has 0 aliphatic heterocycles. The lowest BCUT2D eigenvalue weighted by Crippen LogP contribution is -2.24. The smallest absolute Gasteiger partial charge is 0.306 e. The van der Waals surface area contributed by atoms with Gasteiger partial charge in [0.15, 0.2) is 0 Å². The Labute approximate surface area is 213 Å². The fourth-order valence-electron chi connectivity index (χ4n) is 3.92. The summed E-state index contributed by atoms with van der Waals surface area (Å²) in [6.07, 6.45) is -0.00462. The van der Waals surface area contributed by atoms with E-state index in [4.69, 9.17) is 16.3 Å². The summed E-state index contributed by atoms with van der Waals surface area (Å²) in [5.41, 5.74) is 3.83. The van der Waals surface area contributed by atoms with Gasteiger partial charge >= 0.3 is 5.97 Å². The molecule has 0 aliphatic carbocycles. The Kier molecular flexibility index (Phi) is 7.80. The number of esters is 1. The summed E-state index contributed by atoms with van der Waals surface area (Å²) in [5.74, 6) is -0.158. The third-order valence-corrected chi connectivity index (χ3v) is 5.98. The van der Waals surface area contributed by atoms with Gasteiger partial charge in [-0.3, -0.25) is 19.0 Å². The Balaban J connectivity index is 1.53. The quantitative estimate of drug-likeness (QED) is 0.327. The van der Waals surface area contributed by atoms with E-state index in [-0.39, 0.29) is 30.9 Å². The van der Waals surface area contributed by atoms with Crippen LogP contribution in [0.15, 0.2) is 71.5 Å². The Morgan fingerprint density at radius 1 is 1.00 bits per heavy atom. The number of aromatic nitrogens is 2. The molecule has 4 rings (SSSR count). The van der Waals surface area contributed by atoms with Crippen molar-refractivity contribution in [1.82, 2.24) is 9.55 Å². The fourth-order valence-corrected chi connectivity index (χ4v) is 4.11. The van der Waals surface area contributed by atoms with Crippen molar-refractivity contribution in [2.24, 2.45) is 0 Å². The normalized spacial score (nSPS) is 10.9. The SMILES string of the molecule is CCOC(=O)CCC(=O)Nc1ccc2nc(C)n(Cc3ccc(-c4cccc(Cl)c4)cc3)c(=O)c2c1. The molecule has 8 heteroatoms. The third-order valence-electron chi connectivity index (χ3n) is 5.74. The molecular weight excluding hydrogens is 478 g/mol. The zero-order valence-electron chi connectivity index (χ0n) is 20.1. The standard InChI is InChI=1S/C28H26ClN3O4/c1-3-36-27(34)14-13-26(33)31-23-11-12-25-24(16-23)28(35)32(18(2)30-25)17-19-7-9-20(10-8-19)21-5-4-6-22(29)15-21/h4-12,15-16H,3,13-14,17H2,1-2H3,(H,31,33). The second kappa shape index (κ2) is 11.2. The van der Waals surface area contributed by atoms with E-state index in [2.05, 4.69) is 10.3 Å². The van der Waals surface area contributed by atoms with Crippen LogP contribution in [0.3, 0.4) is 0 Å². The van der Waals surface area contributed by atoms with E-state index in [1.807, 2.05) is 48.5 Å². The van der Waals surface area contributed by atoms with E-state index >= 15 is 0 Å². The van der Waals surface area contributed by atoms with Crippen molar-refractivity contribution in [1.29, 1.82) is 0 Å². The first-order valence-electron chi connectivity index (χ1n) is 11.7. The summed E-state index contributed by atoms with van der Waals surface area (Å²) in [7, 11) is 0. The largest absolute Gasteiger partial charge is 0.466 e. The summed E-state index contributed by atoms with van der Waals surface area (Å²) in [4.78, 5) is 41.6. The van der Waals surface area contributed by atoms with Crippen LogP contribution < -0.4 is 10.9 Å². The Hall–Kier alpha value is -3.97. The van der Waals surface area contributed by atoms with Gasteiger partial charge in [0.05, 0.1) is 30.5 Å². The number of nitrogens with one attached hydrogen (secondary N) is 1. The van der Waals surface area contributed by atoms with Crippen molar-refractivity contribution < 1.29 is 14.3 Å². The van der Waals surface area contributed by atoms with Gasteiger partial charge in [0.1, 0.15) is 5.82 Å². The van der Waals surface area contributed by atoms with Crippen molar-refractivity contribution in [3.63, 3.8) is 0 Å². The van der Waals surface area contributed by atoms with Crippen LogP contribution >= 0.6 is 11.6 Å². The number of benzene rings is 3. The molecule has 0 radical (unpaired) electrons. The van der Waals surface area contributed by atoms with Crippen molar-refractivity contribution in [3.05, 3.63) is 93.5 Å². The molecule has 3 aromatic carbocycles. The molecule has 1 amide bonds. The highest BCUT2D eigenvalue weighted by Gasteiger charge is 2.12. The predicted octanol–water partition coefficient (Wildman–Crippen LogP) is 5.36. The number of nitrogens with zero attached hydrogens (tertiary/aromatic N) is 2. The molecule has 7 nitrogen and oxygen atoms in total. The van der Waals surface area contributed by atoms with E-state index < -0.39 is 5.97 Å². The highest BCUT2D eigenvalue weighted by atomic mass is 35.5. The van der Waals surface area contributed by atoms with E-state index in [0.717, 1.165) is 16.7 Å². The molecule has 36 heavy (non-hydrogen) atoms. The van der Waals surface area contributed by atoms with Crippen molar-refractivity contribution >= 4 is 40.1 Å². The van der Waals surface area contributed by atoms with Gasteiger partial charge in [-0.15, -0.1) is 0 Å². The number of carbonyl (C=O) groups excluding carboxylic acids is 2. The molecular formula is C28H26ClN3O4.